The average molecular weight is 392 g/mol. The van der Waals surface area contributed by atoms with Gasteiger partial charge in [-0.25, -0.2) is 0 Å². The number of aryl methyl sites for hydroxylation is 3. The van der Waals surface area contributed by atoms with Crippen molar-refractivity contribution >= 4 is 28.9 Å². The number of nitrogens with one attached hydrogen (secondary N) is 1. The summed E-state index contributed by atoms with van der Waals surface area (Å²) in [6, 6.07) is 12.3. The van der Waals surface area contributed by atoms with Crippen LogP contribution in [0.3, 0.4) is 0 Å². The molecular weight excluding hydrogens is 362 g/mol. The van der Waals surface area contributed by atoms with Crippen LogP contribution in [0, 0.1) is 26.7 Å². The summed E-state index contributed by atoms with van der Waals surface area (Å²) in [5.74, 6) is -0.401. The average Bonchev–Trinajstić information content (AvgIpc) is 3.34. The molecule has 2 amide bonds. The van der Waals surface area contributed by atoms with Crippen LogP contribution in [0.25, 0.3) is 0 Å². The molecule has 0 saturated carbocycles. The van der Waals surface area contributed by atoms with Crippen LogP contribution in [0.4, 0.5) is 17.1 Å². The molecule has 2 fully saturated rings. The van der Waals surface area contributed by atoms with Crippen LogP contribution in [-0.2, 0) is 9.59 Å². The highest BCUT2D eigenvalue weighted by atomic mass is 16.2. The Balaban J connectivity index is 1.44. The molecule has 4 rings (SSSR count). The normalized spacial score (nSPS) is 19.1. The topological polar surface area (TPSA) is 52.7 Å². The smallest absolute Gasteiger partial charge is 0.229 e. The van der Waals surface area contributed by atoms with Crippen molar-refractivity contribution in [2.24, 2.45) is 5.92 Å². The van der Waals surface area contributed by atoms with Crippen molar-refractivity contribution in [2.45, 2.75) is 40.0 Å². The molecule has 152 valence electrons. The molecule has 0 aromatic heterocycles. The minimum atomic E-state index is -0.333. The first-order valence-corrected chi connectivity index (χ1v) is 10.5. The number of carbonyl (C=O) groups is 2. The van der Waals surface area contributed by atoms with Crippen molar-refractivity contribution < 1.29 is 9.59 Å². The second kappa shape index (κ2) is 7.90. The third-order valence-corrected chi connectivity index (χ3v) is 6.05. The SMILES string of the molecule is Cc1cc(C)c(NC(=O)C2CC(=O)N(c3ccc(N4CCCC4)cc3)C2)c(C)c1. The summed E-state index contributed by atoms with van der Waals surface area (Å²) in [5, 5.41) is 3.06. The van der Waals surface area contributed by atoms with Crippen LogP contribution in [0.2, 0.25) is 0 Å². The van der Waals surface area contributed by atoms with Crippen molar-refractivity contribution in [3.8, 4) is 0 Å². The molecule has 0 spiro atoms. The first-order valence-electron chi connectivity index (χ1n) is 10.5. The lowest BCUT2D eigenvalue weighted by molar-refractivity contribution is -0.122. The molecule has 0 radical (unpaired) electrons. The van der Waals surface area contributed by atoms with E-state index in [1.165, 1.54) is 24.1 Å². The lowest BCUT2D eigenvalue weighted by atomic mass is 10.0. The van der Waals surface area contributed by atoms with Gasteiger partial charge in [0.05, 0.1) is 5.92 Å². The minimum Gasteiger partial charge on any atom is -0.372 e. The molecule has 0 aliphatic carbocycles. The first-order chi connectivity index (χ1) is 13.9. The number of benzene rings is 2. The first kappa shape index (κ1) is 19.5. The highest BCUT2D eigenvalue weighted by molar-refractivity contribution is 6.04. The molecular formula is C24H29N3O2. The van der Waals surface area contributed by atoms with Crippen molar-refractivity contribution in [1.82, 2.24) is 0 Å². The molecule has 2 aliphatic rings. The fraction of sp³-hybridized carbons (Fsp3) is 0.417. The van der Waals surface area contributed by atoms with E-state index in [9.17, 15) is 9.59 Å². The summed E-state index contributed by atoms with van der Waals surface area (Å²) in [7, 11) is 0. The molecule has 2 aromatic rings. The summed E-state index contributed by atoms with van der Waals surface area (Å²) in [6.45, 7) is 8.68. The zero-order valence-electron chi connectivity index (χ0n) is 17.5. The Morgan fingerprint density at radius 1 is 0.966 bits per heavy atom. The standard InChI is InChI=1S/C24H29N3O2/c1-16-12-17(2)23(18(3)13-16)25-24(29)19-14-22(28)27(15-19)21-8-6-20(7-9-21)26-10-4-5-11-26/h6-9,12-13,19H,4-5,10-11,14-15H2,1-3H3,(H,25,29). The Labute approximate surface area is 172 Å². The zero-order chi connectivity index (χ0) is 20.5. The quantitative estimate of drug-likeness (QED) is 0.850. The van der Waals surface area contributed by atoms with E-state index in [0.717, 1.165) is 35.6 Å². The molecule has 5 heteroatoms. The molecule has 1 unspecified atom stereocenters. The van der Waals surface area contributed by atoms with Crippen LogP contribution < -0.4 is 15.1 Å². The Hall–Kier alpha value is -2.82. The van der Waals surface area contributed by atoms with E-state index in [4.69, 9.17) is 0 Å². The Morgan fingerprint density at radius 3 is 2.17 bits per heavy atom. The molecule has 5 nitrogen and oxygen atoms in total. The van der Waals surface area contributed by atoms with Gasteiger partial charge in [0.1, 0.15) is 0 Å². The predicted molar refractivity (Wildman–Crippen MR) is 118 cm³/mol. The number of carbonyl (C=O) groups excluding carboxylic acids is 2. The van der Waals surface area contributed by atoms with E-state index < -0.39 is 0 Å². The number of nitrogens with zero attached hydrogens (tertiary/aromatic N) is 2. The van der Waals surface area contributed by atoms with Gasteiger partial charge in [-0.05, 0) is 69.0 Å². The lowest BCUT2D eigenvalue weighted by Gasteiger charge is -2.21. The third kappa shape index (κ3) is 4.00. The van der Waals surface area contributed by atoms with Crippen LogP contribution >= 0.6 is 0 Å². The molecule has 2 saturated heterocycles. The second-order valence-electron chi connectivity index (χ2n) is 8.38. The second-order valence-corrected chi connectivity index (χ2v) is 8.38. The van der Waals surface area contributed by atoms with E-state index in [0.29, 0.717) is 6.54 Å². The molecule has 2 heterocycles. The van der Waals surface area contributed by atoms with Gasteiger partial charge in [0.15, 0.2) is 0 Å². The Morgan fingerprint density at radius 2 is 1.55 bits per heavy atom. The predicted octanol–water partition coefficient (Wildman–Crippen LogP) is 4.20. The molecule has 29 heavy (non-hydrogen) atoms. The van der Waals surface area contributed by atoms with Gasteiger partial charge in [-0.15, -0.1) is 0 Å². The maximum Gasteiger partial charge on any atom is 0.229 e. The van der Waals surface area contributed by atoms with Gasteiger partial charge in [0, 0.05) is 43.1 Å². The van der Waals surface area contributed by atoms with Crippen molar-refractivity contribution in [2.75, 3.05) is 34.8 Å². The van der Waals surface area contributed by atoms with Crippen molar-refractivity contribution in [3.05, 3.63) is 53.1 Å². The Kier molecular flexibility index (Phi) is 5.31. The van der Waals surface area contributed by atoms with Gasteiger partial charge in [0.25, 0.3) is 0 Å². The van der Waals surface area contributed by atoms with E-state index in [1.807, 2.05) is 32.9 Å². The van der Waals surface area contributed by atoms with Crippen LogP contribution in [0.1, 0.15) is 36.0 Å². The summed E-state index contributed by atoms with van der Waals surface area (Å²) < 4.78 is 0. The van der Waals surface area contributed by atoms with Crippen LogP contribution in [0.15, 0.2) is 36.4 Å². The van der Waals surface area contributed by atoms with Gasteiger partial charge in [-0.2, -0.15) is 0 Å². The summed E-state index contributed by atoms with van der Waals surface area (Å²) >= 11 is 0. The maximum atomic E-state index is 12.9. The molecule has 1 N–H and O–H groups in total. The number of amides is 2. The largest absolute Gasteiger partial charge is 0.372 e. The van der Waals surface area contributed by atoms with Gasteiger partial charge in [-0.1, -0.05) is 17.7 Å². The van der Waals surface area contributed by atoms with Crippen LogP contribution in [0.5, 0.6) is 0 Å². The fourth-order valence-electron chi connectivity index (χ4n) is 4.55. The van der Waals surface area contributed by atoms with E-state index in [1.54, 1.807) is 4.90 Å². The van der Waals surface area contributed by atoms with Crippen LogP contribution in [-0.4, -0.2) is 31.4 Å². The molecule has 2 aliphatic heterocycles. The number of hydrogen-bond acceptors (Lipinski definition) is 3. The highest BCUT2D eigenvalue weighted by Gasteiger charge is 2.35. The number of rotatable bonds is 4. The Bertz CT molecular complexity index is 907. The summed E-state index contributed by atoms with van der Waals surface area (Å²) in [6.07, 6.45) is 2.73. The number of anilines is 3. The summed E-state index contributed by atoms with van der Waals surface area (Å²) in [4.78, 5) is 29.6. The van der Waals surface area contributed by atoms with E-state index in [2.05, 4.69) is 34.5 Å². The van der Waals surface area contributed by atoms with E-state index in [-0.39, 0.29) is 24.2 Å². The molecule has 1 atom stereocenters. The molecule has 2 aromatic carbocycles. The van der Waals surface area contributed by atoms with Gasteiger partial charge < -0.3 is 15.1 Å². The van der Waals surface area contributed by atoms with Crippen molar-refractivity contribution in [1.29, 1.82) is 0 Å². The maximum absolute atomic E-state index is 12.9. The van der Waals surface area contributed by atoms with Gasteiger partial charge in [-0.3, -0.25) is 9.59 Å². The third-order valence-electron chi connectivity index (χ3n) is 6.05. The summed E-state index contributed by atoms with van der Waals surface area (Å²) in [5.41, 5.74) is 6.22. The highest BCUT2D eigenvalue weighted by Crippen LogP contribution is 2.30. The number of hydrogen-bond donors (Lipinski definition) is 1. The van der Waals surface area contributed by atoms with E-state index >= 15 is 0 Å². The minimum absolute atomic E-state index is 0.0106. The zero-order valence-corrected chi connectivity index (χ0v) is 17.5. The van der Waals surface area contributed by atoms with Crippen molar-refractivity contribution in [3.63, 3.8) is 0 Å². The fourth-order valence-corrected chi connectivity index (χ4v) is 4.55. The monoisotopic (exact) mass is 391 g/mol. The lowest BCUT2D eigenvalue weighted by Crippen LogP contribution is -2.28. The van der Waals surface area contributed by atoms with Gasteiger partial charge >= 0.3 is 0 Å². The van der Waals surface area contributed by atoms with Gasteiger partial charge in [0.2, 0.25) is 11.8 Å². The molecule has 0 bridgehead atoms.